The fourth-order valence-corrected chi connectivity index (χ4v) is 3.10. The quantitative estimate of drug-likeness (QED) is 0.632. The van der Waals surface area contributed by atoms with Crippen LogP contribution in [0.1, 0.15) is 21.7 Å². The van der Waals surface area contributed by atoms with E-state index >= 15 is 0 Å². The molecular formula is C21H16ClF3N2O4. The predicted molar refractivity (Wildman–Crippen MR) is 109 cm³/mol. The lowest BCUT2D eigenvalue weighted by Gasteiger charge is -2.17. The van der Waals surface area contributed by atoms with E-state index in [-0.39, 0.29) is 17.0 Å². The van der Waals surface area contributed by atoms with Gasteiger partial charge in [0.05, 0.1) is 22.5 Å². The van der Waals surface area contributed by atoms with E-state index in [2.05, 4.69) is 5.32 Å². The number of benzene rings is 2. The summed E-state index contributed by atoms with van der Waals surface area (Å²) in [7, 11) is 1.30. The van der Waals surface area contributed by atoms with Crippen molar-refractivity contribution in [2.45, 2.75) is 13.1 Å². The number of anilines is 1. The Morgan fingerprint density at radius 1 is 1.13 bits per heavy atom. The summed E-state index contributed by atoms with van der Waals surface area (Å²) in [4.78, 5) is 38.0. The predicted octanol–water partition coefficient (Wildman–Crippen LogP) is 4.48. The van der Waals surface area contributed by atoms with Crippen LogP contribution < -0.4 is 10.7 Å². The number of aryl methyl sites for hydroxylation is 1. The van der Waals surface area contributed by atoms with Gasteiger partial charge in [-0.2, -0.15) is 13.2 Å². The zero-order chi connectivity index (χ0) is 22.9. The molecule has 10 heteroatoms. The van der Waals surface area contributed by atoms with Gasteiger partial charge in [0.2, 0.25) is 5.91 Å². The van der Waals surface area contributed by atoms with Gasteiger partial charge < -0.3 is 14.6 Å². The SMILES string of the molecule is Cc1ccc2oc(C(=O)N(C)CC(=O)Nc3ccc(Cl)c(C(F)(F)F)c3)cc(=O)c2c1. The monoisotopic (exact) mass is 452 g/mol. The molecule has 0 saturated heterocycles. The van der Waals surface area contributed by atoms with Gasteiger partial charge in [0.1, 0.15) is 5.58 Å². The zero-order valence-corrected chi connectivity index (χ0v) is 17.1. The minimum Gasteiger partial charge on any atom is -0.451 e. The highest BCUT2D eigenvalue weighted by Crippen LogP contribution is 2.36. The Morgan fingerprint density at radius 3 is 2.52 bits per heavy atom. The molecule has 3 aromatic rings. The third-order valence-electron chi connectivity index (χ3n) is 4.38. The second-order valence-corrected chi connectivity index (χ2v) is 7.28. The molecular weight excluding hydrogens is 437 g/mol. The number of fused-ring (bicyclic) bond motifs is 1. The van der Waals surface area contributed by atoms with Crippen LogP contribution in [0.2, 0.25) is 5.02 Å². The molecule has 0 atom stereocenters. The van der Waals surface area contributed by atoms with Crippen LogP contribution in [0.5, 0.6) is 0 Å². The van der Waals surface area contributed by atoms with Crippen LogP contribution in [0, 0.1) is 6.92 Å². The van der Waals surface area contributed by atoms with Crippen LogP contribution in [-0.4, -0.2) is 30.3 Å². The molecule has 0 spiro atoms. The molecule has 0 saturated carbocycles. The Kier molecular flexibility index (Phi) is 6.08. The Labute approximate surface area is 179 Å². The minimum absolute atomic E-state index is 0.129. The molecule has 6 nitrogen and oxygen atoms in total. The van der Waals surface area contributed by atoms with E-state index in [1.54, 1.807) is 18.2 Å². The van der Waals surface area contributed by atoms with E-state index in [9.17, 15) is 27.6 Å². The Balaban J connectivity index is 1.74. The first-order valence-electron chi connectivity index (χ1n) is 8.92. The summed E-state index contributed by atoms with van der Waals surface area (Å²) in [6, 6.07) is 8.88. The maximum absolute atomic E-state index is 12.9. The topological polar surface area (TPSA) is 79.6 Å². The van der Waals surface area contributed by atoms with Gasteiger partial charge in [-0.1, -0.05) is 23.2 Å². The molecule has 3 rings (SSSR count). The first kappa shape index (κ1) is 22.4. The second-order valence-electron chi connectivity index (χ2n) is 6.88. The van der Waals surface area contributed by atoms with Crippen LogP contribution in [0.3, 0.4) is 0 Å². The molecule has 0 aliphatic carbocycles. The summed E-state index contributed by atoms with van der Waals surface area (Å²) < 4.78 is 44.3. The number of hydrogen-bond acceptors (Lipinski definition) is 4. The average Bonchev–Trinajstić information content (AvgIpc) is 2.68. The van der Waals surface area contributed by atoms with Gasteiger partial charge in [-0.05, 0) is 37.3 Å². The molecule has 0 radical (unpaired) electrons. The third kappa shape index (κ3) is 5.05. The van der Waals surface area contributed by atoms with Gasteiger partial charge in [0, 0.05) is 18.8 Å². The maximum atomic E-state index is 12.9. The van der Waals surface area contributed by atoms with Crippen molar-refractivity contribution in [1.29, 1.82) is 0 Å². The summed E-state index contributed by atoms with van der Waals surface area (Å²) in [5.74, 6) is -1.74. The molecule has 2 amide bonds. The molecule has 0 bridgehead atoms. The number of hydrogen-bond donors (Lipinski definition) is 1. The van der Waals surface area contributed by atoms with E-state index in [0.717, 1.165) is 22.6 Å². The van der Waals surface area contributed by atoms with Crippen molar-refractivity contribution in [3.05, 3.63) is 74.6 Å². The maximum Gasteiger partial charge on any atom is 0.417 e. The number of rotatable bonds is 4. The fraction of sp³-hybridized carbons (Fsp3) is 0.190. The van der Waals surface area contributed by atoms with Crippen molar-refractivity contribution in [3.63, 3.8) is 0 Å². The van der Waals surface area contributed by atoms with Crippen molar-refractivity contribution in [3.8, 4) is 0 Å². The van der Waals surface area contributed by atoms with E-state index < -0.39 is 40.6 Å². The highest BCUT2D eigenvalue weighted by Gasteiger charge is 2.33. The van der Waals surface area contributed by atoms with Crippen molar-refractivity contribution in [2.75, 3.05) is 18.9 Å². The number of carbonyl (C=O) groups excluding carboxylic acids is 2. The van der Waals surface area contributed by atoms with Crippen LogP contribution in [0.25, 0.3) is 11.0 Å². The molecule has 0 aliphatic heterocycles. The van der Waals surface area contributed by atoms with E-state index in [1.165, 1.54) is 13.1 Å². The lowest BCUT2D eigenvalue weighted by atomic mass is 10.1. The van der Waals surface area contributed by atoms with Crippen molar-refractivity contribution in [2.24, 2.45) is 0 Å². The summed E-state index contributed by atoms with van der Waals surface area (Å²) in [6.45, 7) is 1.32. The van der Waals surface area contributed by atoms with Crippen molar-refractivity contribution in [1.82, 2.24) is 4.90 Å². The van der Waals surface area contributed by atoms with Crippen molar-refractivity contribution < 1.29 is 27.2 Å². The van der Waals surface area contributed by atoms with Gasteiger partial charge in [-0.25, -0.2) is 0 Å². The highest BCUT2D eigenvalue weighted by atomic mass is 35.5. The lowest BCUT2D eigenvalue weighted by Crippen LogP contribution is -2.35. The second kappa shape index (κ2) is 8.43. The number of alkyl halides is 3. The van der Waals surface area contributed by atoms with E-state index in [1.807, 2.05) is 6.92 Å². The van der Waals surface area contributed by atoms with Gasteiger partial charge in [-0.15, -0.1) is 0 Å². The first-order valence-corrected chi connectivity index (χ1v) is 9.30. The standard InChI is InChI=1S/C21H16ClF3N2O4/c1-11-3-6-17-13(7-11)16(28)9-18(31-17)20(30)27(2)10-19(29)26-12-4-5-15(22)14(8-12)21(23,24)25/h3-9H,10H2,1-2H3,(H,26,29). The van der Waals surface area contributed by atoms with Crippen LogP contribution in [0.4, 0.5) is 18.9 Å². The fourth-order valence-electron chi connectivity index (χ4n) is 2.87. The summed E-state index contributed by atoms with van der Waals surface area (Å²) in [5, 5.41) is 2.10. The number of nitrogens with one attached hydrogen (secondary N) is 1. The molecule has 162 valence electrons. The van der Waals surface area contributed by atoms with Crippen LogP contribution >= 0.6 is 11.6 Å². The molecule has 0 aliphatic rings. The smallest absolute Gasteiger partial charge is 0.417 e. The molecule has 0 unspecified atom stereocenters. The zero-order valence-electron chi connectivity index (χ0n) is 16.3. The minimum atomic E-state index is -4.68. The molecule has 1 aromatic heterocycles. The molecule has 1 N–H and O–H groups in total. The number of likely N-dealkylation sites (N-methyl/N-ethyl adjacent to an activating group) is 1. The largest absolute Gasteiger partial charge is 0.451 e. The van der Waals surface area contributed by atoms with Crippen LogP contribution in [-0.2, 0) is 11.0 Å². The van der Waals surface area contributed by atoms with Gasteiger partial charge in [-0.3, -0.25) is 14.4 Å². The van der Waals surface area contributed by atoms with E-state index in [4.69, 9.17) is 16.0 Å². The molecule has 31 heavy (non-hydrogen) atoms. The van der Waals surface area contributed by atoms with Crippen molar-refractivity contribution >= 4 is 40.1 Å². The molecule has 2 aromatic carbocycles. The Bertz CT molecular complexity index is 1240. The third-order valence-corrected chi connectivity index (χ3v) is 4.71. The van der Waals surface area contributed by atoms with Gasteiger partial charge >= 0.3 is 6.18 Å². The molecule has 0 fully saturated rings. The summed E-state index contributed by atoms with van der Waals surface area (Å²) >= 11 is 5.55. The molecule has 1 heterocycles. The Hall–Kier alpha value is -3.33. The number of carbonyl (C=O) groups is 2. The first-order chi connectivity index (χ1) is 14.5. The number of amides is 2. The summed E-state index contributed by atoms with van der Waals surface area (Å²) in [5.41, 5.74) is -0.560. The van der Waals surface area contributed by atoms with Gasteiger partial charge in [0.15, 0.2) is 11.2 Å². The normalized spacial score (nSPS) is 11.4. The van der Waals surface area contributed by atoms with Crippen LogP contribution in [0.15, 0.2) is 51.7 Å². The Morgan fingerprint density at radius 2 is 1.84 bits per heavy atom. The summed E-state index contributed by atoms with van der Waals surface area (Å²) in [6.07, 6.45) is -4.68. The van der Waals surface area contributed by atoms with E-state index in [0.29, 0.717) is 11.5 Å². The number of halogens is 4. The number of nitrogens with zero attached hydrogens (tertiary/aromatic N) is 1. The lowest BCUT2D eigenvalue weighted by molar-refractivity contribution is -0.137. The van der Waals surface area contributed by atoms with Gasteiger partial charge in [0.25, 0.3) is 5.91 Å². The average molecular weight is 453 g/mol. The highest BCUT2D eigenvalue weighted by molar-refractivity contribution is 6.31.